The average molecular weight is 357 g/mol. The van der Waals surface area contributed by atoms with Crippen LogP contribution >= 0.6 is 11.8 Å². The van der Waals surface area contributed by atoms with Gasteiger partial charge in [0.05, 0.1) is 0 Å². The standard InChI is InChI=1S/C18H23N5OS/c1-23-13-20-22-18(23)25-12-15-7-9-16(10-8-15)17(24)21-19-11-14-5-3-2-4-6-14/h7-11,13-14H,2-6,12H2,1H3,(H,21,24)/b19-11-. The molecule has 0 spiro atoms. The van der Waals surface area contributed by atoms with Gasteiger partial charge >= 0.3 is 0 Å². The number of carbonyl (C=O) groups excluding carboxylic acids is 1. The Bertz CT molecular complexity index is 719. The highest BCUT2D eigenvalue weighted by molar-refractivity contribution is 7.98. The molecule has 1 aliphatic carbocycles. The average Bonchev–Trinajstić information content (AvgIpc) is 3.06. The van der Waals surface area contributed by atoms with E-state index in [-0.39, 0.29) is 5.91 Å². The number of rotatable bonds is 6. The van der Waals surface area contributed by atoms with E-state index >= 15 is 0 Å². The van der Waals surface area contributed by atoms with Crippen molar-refractivity contribution in [3.8, 4) is 0 Å². The molecule has 1 saturated carbocycles. The van der Waals surface area contributed by atoms with Crippen molar-refractivity contribution in [2.45, 2.75) is 43.0 Å². The lowest BCUT2D eigenvalue weighted by atomic mass is 9.90. The zero-order valence-electron chi connectivity index (χ0n) is 14.4. The molecule has 0 aliphatic heterocycles. The quantitative estimate of drug-likeness (QED) is 0.488. The first-order valence-corrected chi connectivity index (χ1v) is 9.60. The zero-order chi connectivity index (χ0) is 17.5. The third kappa shape index (κ3) is 5.16. The van der Waals surface area contributed by atoms with Gasteiger partial charge in [0.15, 0.2) is 5.16 Å². The normalized spacial score (nSPS) is 15.6. The first-order chi connectivity index (χ1) is 12.2. The lowest BCUT2D eigenvalue weighted by Crippen LogP contribution is -2.19. The third-order valence-electron chi connectivity index (χ3n) is 4.36. The van der Waals surface area contributed by atoms with Gasteiger partial charge in [-0.05, 0) is 36.5 Å². The summed E-state index contributed by atoms with van der Waals surface area (Å²) in [6.07, 6.45) is 9.77. The molecule has 1 aromatic carbocycles. The topological polar surface area (TPSA) is 72.2 Å². The molecule has 1 aliphatic rings. The maximum Gasteiger partial charge on any atom is 0.271 e. The molecule has 25 heavy (non-hydrogen) atoms. The van der Waals surface area contributed by atoms with Crippen molar-refractivity contribution < 1.29 is 4.79 Å². The van der Waals surface area contributed by atoms with Crippen molar-refractivity contribution in [3.05, 3.63) is 41.7 Å². The van der Waals surface area contributed by atoms with E-state index in [4.69, 9.17) is 0 Å². The largest absolute Gasteiger partial charge is 0.312 e. The fraction of sp³-hybridized carbons (Fsp3) is 0.444. The second-order valence-corrected chi connectivity index (χ2v) is 7.27. The summed E-state index contributed by atoms with van der Waals surface area (Å²) in [7, 11) is 1.92. The number of carbonyl (C=O) groups is 1. The Hall–Kier alpha value is -2.15. The lowest BCUT2D eigenvalue weighted by molar-refractivity contribution is 0.0955. The van der Waals surface area contributed by atoms with E-state index < -0.39 is 0 Å². The molecule has 0 bridgehead atoms. The van der Waals surface area contributed by atoms with Crippen molar-refractivity contribution >= 4 is 23.9 Å². The van der Waals surface area contributed by atoms with E-state index in [1.54, 1.807) is 18.1 Å². The van der Waals surface area contributed by atoms with Crippen LogP contribution in [0.5, 0.6) is 0 Å². The molecule has 0 atom stereocenters. The minimum Gasteiger partial charge on any atom is -0.312 e. The van der Waals surface area contributed by atoms with E-state index in [1.165, 1.54) is 32.1 Å². The molecule has 0 radical (unpaired) electrons. The molecule has 1 fully saturated rings. The van der Waals surface area contributed by atoms with Crippen LogP contribution in [0.2, 0.25) is 0 Å². The molecule has 0 unspecified atom stereocenters. The van der Waals surface area contributed by atoms with E-state index in [0.717, 1.165) is 16.5 Å². The van der Waals surface area contributed by atoms with Crippen LogP contribution in [0.3, 0.4) is 0 Å². The van der Waals surface area contributed by atoms with Gasteiger partial charge in [-0.15, -0.1) is 10.2 Å². The van der Waals surface area contributed by atoms with Gasteiger partial charge in [0.1, 0.15) is 6.33 Å². The molecule has 1 amide bonds. The summed E-state index contributed by atoms with van der Waals surface area (Å²) in [5.41, 5.74) is 4.38. The SMILES string of the molecule is Cn1cnnc1SCc1ccc(C(=O)N/N=C\C2CCCCC2)cc1. The van der Waals surface area contributed by atoms with Gasteiger partial charge in [-0.25, -0.2) is 5.43 Å². The minimum absolute atomic E-state index is 0.167. The van der Waals surface area contributed by atoms with Crippen molar-refractivity contribution in [2.24, 2.45) is 18.1 Å². The summed E-state index contributed by atoms with van der Waals surface area (Å²) in [5, 5.41) is 12.9. The first kappa shape index (κ1) is 17.7. The lowest BCUT2D eigenvalue weighted by Gasteiger charge is -2.16. The van der Waals surface area contributed by atoms with E-state index in [1.807, 2.05) is 42.1 Å². The van der Waals surface area contributed by atoms with Crippen LogP contribution in [0.1, 0.15) is 48.0 Å². The predicted molar refractivity (Wildman–Crippen MR) is 99.5 cm³/mol. The van der Waals surface area contributed by atoms with Gasteiger partial charge in [-0.1, -0.05) is 43.2 Å². The number of nitrogens with one attached hydrogen (secondary N) is 1. The summed E-state index contributed by atoms with van der Waals surface area (Å²) in [4.78, 5) is 12.1. The first-order valence-electron chi connectivity index (χ1n) is 8.61. The molecule has 1 N–H and O–H groups in total. The third-order valence-corrected chi connectivity index (χ3v) is 5.46. The van der Waals surface area contributed by atoms with Crippen molar-refractivity contribution in [3.63, 3.8) is 0 Å². The van der Waals surface area contributed by atoms with Crippen LogP contribution in [0.15, 0.2) is 40.9 Å². The number of benzene rings is 1. The highest BCUT2D eigenvalue weighted by atomic mass is 32.2. The van der Waals surface area contributed by atoms with Crippen molar-refractivity contribution in [1.29, 1.82) is 0 Å². The van der Waals surface area contributed by atoms with Crippen LogP contribution in [-0.4, -0.2) is 26.9 Å². The summed E-state index contributed by atoms with van der Waals surface area (Å²) in [6, 6.07) is 7.59. The number of amides is 1. The molecule has 3 rings (SSSR count). The smallest absolute Gasteiger partial charge is 0.271 e. The van der Waals surface area contributed by atoms with Gasteiger partial charge < -0.3 is 4.57 Å². The number of aromatic nitrogens is 3. The maximum atomic E-state index is 12.1. The summed E-state index contributed by atoms with van der Waals surface area (Å²) in [6.45, 7) is 0. The van der Waals surface area contributed by atoms with Crippen molar-refractivity contribution in [1.82, 2.24) is 20.2 Å². The molecule has 0 saturated heterocycles. The number of hydrogen-bond donors (Lipinski definition) is 1. The van der Waals surface area contributed by atoms with E-state index in [2.05, 4.69) is 20.7 Å². The summed E-state index contributed by atoms with van der Waals surface area (Å²) < 4.78 is 1.89. The fourth-order valence-electron chi connectivity index (χ4n) is 2.85. The van der Waals surface area contributed by atoms with Gasteiger partial charge in [-0.2, -0.15) is 5.10 Å². The molecular weight excluding hydrogens is 334 g/mol. The number of hydrazone groups is 1. The second kappa shape index (κ2) is 8.80. The van der Waals surface area contributed by atoms with Gasteiger partial charge in [-0.3, -0.25) is 4.79 Å². The van der Waals surface area contributed by atoms with Crippen LogP contribution in [0.25, 0.3) is 0 Å². The Morgan fingerprint density at radius 2 is 2.08 bits per heavy atom. The Balaban J connectivity index is 1.48. The zero-order valence-corrected chi connectivity index (χ0v) is 15.2. The van der Waals surface area contributed by atoms with Crippen LogP contribution in [0, 0.1) is 5.92 Å². The Labute approximate surface area is 152 Å². The van der Waals surface area contributed by atoms with Gasteiger partial charge in [0, 0.05) is 24.6 Å². The molecular formula is C18H23N5OS. The highest BCUT2D eigenvalue weighted by Gasteiger charge is 2.11. The van der Waals surface area contributed by atoms with E-state index in [0.29, 0.717) is 11.5 Å². The molecule has 2 aromatic rings. The number of hydrogen-bond acceptors (Lipinski definition) is 5. The fourth-order valence-corrected chi connectivity index (χ4v) is 3.70. The predicted octanol–water partition coefficient (Wildman–Crippen LogP) is 3.40. The minimum atomic E-state index is -0.167. The van der Waals surface area contributed by atoms with Gasteiger partial charge in [0.2, 0.25) is 0 Å². The van der Waals surface area contributed by atoms with Crippen molar-refractivity contribution in [2.75, 3.05) is 0 Å². The number of aryl methyl sites for hydroxylation is 1. The molecule has 1 aromatic heterocycles. The monoisotopic (exact) mass is 357 g/mol. The Morgan fingerprint density at radius 1 is 1.32 bits per heavy atom. The molecule has 132 valence electrons. The molecule has 6 nitrogen and oxygen atoms in total. The Morgan fingerprint density at radius 3 is 2.76 bits per heavy atom. The van der Waals surface area contributed by atoms with Crippen LogP contribution < -0.4 is 5.43 Å². The highest BCUT2D eigenvalue weighted by Crippen LogP contribution is 2.22. The van der Waals surface area contributed by atoms with Crippen LogP contribution in [0.4, 0.5) is 0 Å². The number of thioether (sulfide) groups is 1. The molecule has 7 heteroatoms. The van der Waals surface area contributed by atoms with E-state index in [9.17, 15) is 4.79 Å². The second-order valence-electron chi connectivity index (χ2n) is 6.33. The molecule has 1 heterocycles. The van der Waals surface area contributed by atoms with Crippen LogP contribution in [-0.2, 0) is 12.8 Å². The Kier molecular flexibility index (Phi) is 6.22. The summed E-state index contributed by atoms with van der Waals surface area (Å²) >= 11 is 1.62. The van der Waals surface area contributed by atoms with Gasteiger partial charge in [0.25, 0.3) is 5.91 Å². The maximum absolute atomic E-state index is 12.1. The number of nitrogens with zero attached hydrogens (tertiary/aromatic N) is 4. The summed E-state index contributed by atoms with van der Waals surface area (Å²) in [5.74, 6) is 1.13.